The third kappa shape index (κ3) is 19.4. The summed E-state index contributed by atoms with van der Waals surface area (Å²) in [6, 6.07) is 17.3. The molecule has 8 atom stereocenters. The van der Waals surface area contributed by atoms with E-state index in [9.17, 15) is 13.2 Å². The van der Waals surface area contributed by atoms with Gasteiger partial charge < -0.3 is 51.1 Å². The van der Waals surface area contributed by atoms with Gasteiger partial charge in [-0.25, -0.2) is 0 Å². The fraction of sp³-hybridized carbons (Fsp3) is 0.723. The van der Waals surface area contributed by atoms with Gasteiger partial charge in [0.1, 0.15) is 0 Å². The van der Waals surface area contributed by atoms with Gasteiger partial charge in [-0.1, -0.05) is 101 Å². The summed E-state index contributed by atoms with van der Waals surface area (Å²) in [5.41, 5.74) is 3.93. The number of hydrogen-bond donors (Lipinski definition) is 5. The highest BCUT2D eigenvalue weighted by molar-refractivity contribution is 6.31. The van der Waals surface area contributed by atoms with Crippen molar-refractivity contribution in [1.82, 2.24) is 56.0 Å². The summed E-state index contributed by atoms with van der Waals surface area (Å²) in [5.74, 6) is 2.01. The first-order valence-corrected chi connectivity index (χ1v) is 31.8. The van der Waals surface area contributed by atoms with Gasteiger partial charge in [-0.3, -0.25) is 4.90 Å². The van der Waals surface area contributed by atoms with Crippen LogP contribution in [-0.4, -0.2) is 171 Å². The second-order valence-electron chi connectivity index (χ2n) is 25.6. The van der Waals surface area contributed by atoms with Crippen molar-refractivity contribution in [2.24, 2.45) is 17.8 Å². The maximum Gasteiger partial charge on any atom is 0.417 e. The van der Waals surface area contributed by atoms with E-state index in [0.717, 1.165) is 122 Å². The van der Waals surface area contributed by atoms with E-state index in [0.29, 0.717) is 48.5 Å². The maximum absolute atomic E-state index is 13.6. The molecule has 0 bridgehead atoms. The first-order valence-electron chi connectivity index (χ1n) is 31.4. The molecular weight excluding hydrogens is 1030 g/mol. The van der Waals surface area contributed by atoms with E-state index in [4.69, 9.17) is 11.6 Å². The molecule has 15 heteroatoms. The van der Waals surface area contributed by atoms with Crippen molar-refractivity contribution in [3.05, 3.63) is 106 Å². The molecule has 5 N–H and O–H groups in total. The Kier molecular flexibility index (Phi) is 25.3. The first-order chi connectivity index (χ1) is 38.4. The minimum absolute atomic E-state index is 0.0797. The predicted molar refractivity (Wildman–Crippen MR) is 328 cm³/mol. The Balaban J connectivity index is 1.10. The highest BCUT2D eigenvalue weighted by Gasteiger charge is 2.45. The van der Waals surface area contributed by atoms with E-state index in [1.54, 1.807) is 6.07 Å². The molecule has 0 radical (unpaired) electrons. The number of halogens is 4. The molecule has 3 aliphatic heterocycles. The molecule has 2 aliphatic carbocycles. The summed E-state index contributed by atoms with van der Waals surface area (Å²) in [4.78, 5) is 15.3. The van der Waals surface area contributed by atoms with E-state index in [2.05, 4.69) is 168 Å². The highest BCUT2D eigenvalue weighted by atomic mass is 35.5. The number of fused-ring (bicyclic) bond motifs is 2. The van der Waals surface area contributed by atoms with Crippen molar-refractivity contribution in [2.75, 3.05) is 100 Å². The van der Waals surface area contributed by atoms with Crippen LogP contribution in [0.15, 0.2) is 84.7 Å². The molecule has 2 unspecified atom stereocenters. The normalized spacial score (nSPS) is 28.8. The first kappa shape index (κ1) is 64.2. The lowest BCUT2D eigenvalue weighted by Crippen LogP contribution is -2.62. The number of nitrogens with one attached hydrogen (secondary N) is 5. The molecule has 450 valence electrons. The molecule has 5 aliphatic rings. The van der Waals surface area contributed by atoms with Gasteiger partial charge in [0.15, 0.2) is 0 Å². The number of hydrogen-bond acceptors (Lipinski definition) is 11. The Bertz CT molecular complexity index is 2210. The van der Waals surface area contributed by atoms with Crippen LogP contribution in [0.4, 0.5) is 13.2 Å². The molecule has 11 nitrogen and oxygen atoms in total. The van der Waals surface area contributed by atoms with Crippen LogP contribution < -0.4 is 26.6 Å². The minimum atomic E-state index is -4.48. The fourth-order valence-corrected chi connectivity index (χ4v) is 14.3. The van der Waals surface area contributed by atoms with Gasteiger partial charge in [-0.2, -0.15) is 13.2 Å². The van der Waals surface area contributed by atoms with Gasteiger partial charge in [-0.15, -0.1) is 0 Å². The van der Waals surface area contributed by atoms with E-state index in [-0.39, 0.29) is 16.6 Å². The lowest BCUT2D eigenvalue weighted by Gasteiger charge is -2.45. The van der Waals surface area contributed by atoms with Gasteiger partial charge in [0.25, 0.3) is 0 Å². The van der Waals surface area contributed by atoms with Crippen molar-refractivity contribution in [1.29, 1.82) is 0 Å². The van der Waals surface area contributed by atoms with E-state index < -0.39 is 11.7 Å². The Hall–Kier alpha value is -3.34. The average molecular weight is 1140 g/mol. The molecule has 0 amide bonds. The number of benzene rings is 2. The summed E-state index contributed by atoms with van der Waals surface area (Å²) in [5, 5.41) is 19.6. The quantitative estimate of drug-likeness (QED) is 0.175. The zero-order valence-electron chi connectivity index (χ0n) is 50.9. The second kappa shape index (κ2) is 31.5. The molecule has 3 heterocycles. The molecule has 2 aromatic carbocycles. The van der Waals surface area contributed by atoms with Crippen LogP contribution in [0.3, 0.4) is 0 Å². The lowest BCUT2D eigenvalue weighted by atomic mass is 9.87. The Morgan fingerprint density at radius 2 is 1.56 bits per heavy atom. The number of allylic oxidation sites excluding steroid dienone is 2. The molecule has 7 rings (SSSR count). The summed E-state index contributed by atoms with van der Waals surface area (Å²) in [6.45, 7) is 23.2. The van der Waals surface area contributed by atoms with Crippen LogP contribution in [-0.2, 0) is 19.0 Å². The summed E-state index contributed by atoms with van der Waals surface area (Å²) in [7, 11) is 8.97. The van der Waals surface area contributed by atoms with Crippen LogP contribution in [0.5, 0.6) is 0 Å². The van der Waals surface area contributed by atoms with Gasteiger partial charge in [0.05, 0.1) is 10.6 Å². The van der Waals surface area contributed by atoms with Crippen LogP contribution in [0.2, 0.25) is 5.02 Å². The summed E-state index contributed by atoms with van der Waals surface area (Å²) in [6.07, 6.45) is 22.2. The zero-order valence-corrected chi connectivity index (χ0v) is 51.7. The van der Waals surface area contributed by atoms with Crippen LogP contribution in [0, 0.1) is 17.8 Å². The van der Waals surface area contributed by atoms with Crippen molar-refractivity contribution < 1.29 is 13.2 Å². The van der Waals surface area contributed by atoms with Gasteiger partial charge in [-0.05, 0) is 140 Å². The van der Waals surface area contributed by atoms with Crippen molar-refractivity contribution in [3.63, 3.8) is 0 Å². The third-order valence-electron chi connectivity index (χ3n) is 19.1. The maximum atomic E-state index is 13.6. The highest BCUT2D eigenvalue weighted by Crippen LogP contribution is 2.39. The Morgan fingerprint density at radius 3 is 2.29 bits per heavy atom. The number of rotatable bonds is 8. The van der Waals surface area contributed by atoms with Crippen molar-refractivity contribution >= 4 is 11.6 Å². The third-order valence-corrected chi connectivity index (χ3v) is 19.4. The number of likely N-dealkylation sites (N-methyl/N-ethyl adjacent to an activating group) is 3. The standard InChI is InChI=1S/C65H107ClF3N11/c1-10-50(3)62-47-76(7)37-38-79-35-18-23-57(79)45-78(9)58(40-53-19-12-11-13-20-53)44-75(6)36-34-72-56(26-24-54-25-27-60(61(66)41-54)65(67,68)69)28-31-70-32-33-71-48-64(29-16-17-30-64)74-52(5)63(55-21-14-15-22-55)80-43-49(2)39-59(80)46-77(8)51(4)42-73-62/h11-13,19-20,25,27,34,36,41,44-45,49-52,55-56,59,62-63,70-74H,10,14-18,21-24,26,28-33,35,37-40,42-43,46-48H2,1-9H3/t49-,50+,51+,52?,56+,59?,62-,63-/m1/s1. The number of nitrogens with zero attached hydrogens (tertiary/aromatic N) is 6. The van der Waals surface area contributed by atoms with Gasteiger partial charge in [0.2, 0.25) is 0 Å². The monoisotopic (exact) mass is 1130 g/mol. The summed E-state index contributed by atoms with van der Waals surface area (Å²) >= 11 is 6.20. The molecule has 0 aromatic heterocycles. The topological polar surface area (TPSA) is 79.6 Å². The van der Waals surface area contributed by atoms with E-state index in [1.165, 1.54) is 87.4 Å². The molecule has 1 spiro atoms. The number of aryl methyl sites for hydroxylation is 1. The largest absolute Gasteiger partial charge is 0.417 e. The minimum Gasteiger partial charge on any atom is -0.387 e. The van der Waals surface area contributed by atoms with Crippen LogP contribution in [0.1, 0.15) is 141 Å². The number of alkyl halides is 3. The van der Waals surface area contributed by atoms with Crippen LogP contribution in [0.25, 0.3) is 0 Å². The van der Waals surface area contributed by atoms with E-state index >= 15 is 0 Å². The smallest absolute Gasteiger partial charge is 0.387 e. The van der Waals surface area contributed by atoms with Crippen molar-refractivity contribution in [2.45, 2.75) is 185 Å². The predicted octanol–water partition coefficient (Wildman–Crippen LogP) is 11.0. The molecule has 4 fully saturated rings. The molecular formula is C65H107ClF3N11. The van der Waals surface area contributed by atoms with E-state index in [1.807, 2.05) is 6.20 Å². The second-order valence-corrected chi connectivity index (χ2v) is 26.0. The molecule has 2 saturated carbocycles. The zero-order chi connectivity index (χ0) is 57.2. The summed E-state index contributed by atoms with van der Waals surface area (Å²) < 4.78 is 40.9. The molecule has 2 aromatic rings. The van der Waals surface area contributed by atoms with Crippen LogP contribution >= 0.6 is 11.6 Å². The van der Waals surface area contributed by atoms with Gasteiger partial charge in [0, 0.05) is 164 Å². The Morgan fingerprint density at radius 1 is 0.812 bits per heavy atom. The SMILES string of the molecule is CC[C@H](C)[C@H]1CN(C)CCN2CCCC2=CN(C)C(Cc2ccccc2)=CN(C)C=CN[C@@H](CCc2ccc(C(F)(F)F)c(Cl)c2)CCNCCNCC2(CCCC2)NC(C)[C@H](C2CCCC2)N2C[C@H](C)CC2CN(C)[C@@H](C)CN1. The fourth-order valence-electron chi connectivity index (χ4n) is 14.0. The van der Waals surface area contributed by atoms with Gasteiger partial charge >= 0.3 is 6.18 Å². The Labute approximate surface area is 488 Å². The van der Waals surface area contributed by atoms with Crippen molar-refractivity contribution in [3.8, 4) is 0 Å². The average Bonchev–Trinajstić information content (AvgIpc) is 4.30. The molecule has 80 heavy (non-hydrogen) atoms. The lowest BCUT2D eigenvalue weighted by molar-refractivity contribution is -0.137. The molecule has 2 saturated heterocycles.